The molecular formula is C25H31N5O2. The van der Waals surface area contributed by atoms with E-state index in [1.165, 1.54) is 4.90 Å². The molecule has 3 rings (SSSR count). The number of amides is 3. The molecule has 0 fully saturated rings. The van der Waals surface area contributed by atoms with Gasteiger partial charge in [0, 0.05) is 24.2 Å². The first-order valence-corrected chi connectivity index (χ1v) is 10.6. The Hall–Kier alpha value is -3.61. The topological polar surface area (TPSA) is 79.3 Å². The largest absolute Gasteiger partial charge is 0.322 e. The van der Waals surface area contributed by atoms with Crippen molar-refractivity contribution < 1.29 is 9.59 Å². The number of aromatic nitrogens is 2. The number of likely N-dealkylation sites (N-methyl/N-ethyl adjacent to an activating group) is 1. The van der Waals surface area contributed by atoms with E-state index in [2.05, 4.69) is 31.4 Å². The monoisotopic (exact) mass is 433 g/mol. The second kappa shape index (κ2) is 9.26. The van der Waals surface area contributed by atoms with Gasteiger partial charge >= 0.3 is 6.03 Å². The fourth-order valence-electron chi connectivity index (χ4n) is 3.23. The minimum atomic E-state index is -0.353. The lowest BCUT2D eigenvalue weighted by Gasteiger charge is -2.18. The third-order valence-electron chi connectivity index (χ3n) is 5.09. The normalized spacial score (nSPS) is 11.2. The van der Waals surface area contributed by atoms with Crippen molar-refractivity contribution in [2.45, 2.75) is 40.0 Å². The van der Waals surface area contributed by atoms with Gasteiger partial charge in [-0.2, -0.15) is 5.10 Å². The van der Waals surface area contributed by atoms with E-state index in [1.807, 2.05) is 68.4 Å². The quantitative estimate of drug-likeness (QED) is 0.601. The molecular weight excluding hydrogens is 402 g/mol. The van der Waals surface area contributed by atoms with E-state index in [9.17, 15) is 9.59 Å². The molecule has 7 nitrogen and oxygen atoms in total. The minimum absolute atomic E-state index is 0.0958. The molecule has 3 amide bonds. The summed E-state index contributed by atoms with van der Waals surface area (Å²) in [6, 6.07) is 16.9. The van der Waals surface area contributed by atoms with Crippen molar-refractivity contribution in [1.82, 2.24) is 14.7 Å². The number of carbonyl (C=O) groups excluding carboxylic acids is 2. The van der Waals surface area contributed by atoms with Crippen LogP contribution in [0.5, 0.6) is 0 Å². The van der Waals surface area contributed by atoms with Crippen LogP contribution >= 0.6 is 0 Å². The third kappa shape index (κ3) is 5.55. The number of anilines is 2. The average Bonchev–Trinajstić information content (AvgIpc) is 3.12. The van der Waals surface area contributed by atoms with Gasteiger partial charge in [-0.15, -0.1) is 0 Å². The summed E-state index contributed by atoms with van der Waals surface area (Å²) in [5.74, 6) is 0.267. The number of nitrogens with zero attached hydrogens (tertiary/aromatic N) is 3. The molecule has 1 aromatic heterocycles. The minimum Gasteiger partial charge on any atom is -0.318 e. The molecule has 0 aliphatic rings. The zero-order valence-electron chi connectivity index (χ0n) is 19.6. The predicted octanol–water partition coefficient (Wildman–Crippen LogP) is 4.89. The molecule has 0 aliphatic carbocycles. The number of rotatable bonds is 5. The molecule has 0 saturated carbocycles. The van der Waals surface area contributed by atoms with Crippen LogP contribution in [-0.2, 0) is 10.2 Å². The van der Waals surface area contributed by atoms with Crippen molar-refractivity contribution >= 4 is 23.4 Å². The Kier molecular flexibility index (Phi) is 6.67. The van der Waals surface area contributed by atoms with Crippen LogP contribution < -0.4 is 10.6 Å². The van der Waals surface area contributed by atoms with Crippen molar-refractivity contribution in [3.63, 3.8) is 0 Å². The fourth-order valence-corrected chi connectivity index (χ4v) is 3.23. The molecule has 0 bridgehead atoms. The van der Waals surface area contributed by atoms with E-state index in [1.54, 1.807) is 11.7 Å². The number of urea groups is 1. The number of para-hydroxylation sites is 1. The fraction of sp³-hybridized carbons (Fsp3) is 0.320. The molecule has 0 aliphatic heterocycles. The van der Waals surface area contributed by atoms with Gasteiger partial charge in [0.2, 0.25) is 5.91 Å². The smallest absolute Gasteiger partial charge is 0.318 e. The molecule has 2 aromatic carbocycles. The summed E-state index contributed by atoms with van der Waals surface area (Å²) < 4.78 is 1.75. The van der Waals surface area contributed by atoms with Crippen LogP contribution in [0.3, 0.4) is 0 Å². The second-order valence-electron chi connectivity index (χ2n) is 9.07. The molecule has 7 heteroatoms. The summed E-state index contributed by atoms with van der Waals surface area (Å²) in [5, 5.41) is 10.5. The third-order valence-corrected chi connectivity index (χ3v) is 5.09. The van der Waals surface area contributed by atoms with Gasteiger partial charge < -0.3 is 15.5 Å². The number of nitrogens with one attached hydrogen (secondary N) is 2. The van der Waals surface area contributed by atoms with Crippen LogP contribution in [0, 0.1) is 13.8 Å². The highest BCUT2D eigenvalue weighted by atomic mass is 16.2. The van der Waals surface area contributed by atoms with Crippen molar-refractivity contribution in [2.75, 3.05) is 24.2 Å². The Morgan fingerprint density at radius 2 is 1.72 bits per heavy atom. The van der Waals surface area contributed by atoms with Crippen LogP contribution in [-0.4, -0.2) is 40.2 Å². The zero-order valence-corrected chi connectivity index (χ0v) is 19.6. The highest BCUT2D eigenvalue weighted by molar-refractivity contribution is 5.96. The average molecular weight is 434 g/mol. The molecule has 2 N–H and O–H groups in total. The Bertz CT molecular complexity index is 1130. The van der Waals surface area contributed by atoms with Gasteiger partial charge in [-0.25, -0.2) is 9.48 Å². The molecule has 32 heavy (non-hydrogen) atoms. The Balaban J connectivity index is 1.76. The number of hydrogen-bond acceptors (Lipinski definition) is 3. The molecule has 0 atom stereocenters. The van der Waals surface area contributed by atoms with Gasteiger partial charge in [0.15, 0.2) is 0 Å². The van der Waals surface area contributed by atoms with Crippen molar-refractivity contribution in [2.24, 2.45) is 0 Å². The maximum Gasteiger partial charge on any atom is 0.322 e. The van der Waals surface area contributed by atoms with E-state index in [4.69, 9.17) is 5.10 Å². The van der Waals surface area contributed by atoms with Crippen molar-refractivity contribution in [3.8, 4) is 5.69 Å². The van der Waals surface area contributed by atoms with E-state index >= 15 is 0 Å². The van der Waals surface area contributed by atoms with Gasteiger partial charge in [0.1, 0.15) is 12.4 Å². The first-order valence-electron chi connectivity index (χ1n) is 10.6. The van der Waals surface area contributed by atoms with Crippen LogP contribution in [0.25, 0.3) is 5.69 Å². The number of aryl methyl sites for hydroxylation is 2. The highest BCUT2D eigenvalue weighted by Crippen LogP contribution is 2.27. The molecule has 0 saturated heterocycles. The van der Waals surface area contributed by atoms with Crippen LogP contribution in [0.2, 0.25) is 0 Å². The summed E-state index contributed by atoms with van der Waals surface area (Å²) in [6.07, 6.45) is 0. The Morgan fingerprint density at radius 3 is 2.38 bits per heavy atom. The maximum absolute atomic E-state index is 12.8. The van der Waals surface area contributed by atoms with Gasteiger partial charge in [0.25, 0.3) is 0 Å². The molecule has 0 unspecified atom stereocenters. The van der Waals surface area contributed by atoms with E-state index in [0.29, 0.717) is 11.5 Å². The Labute approximate surface area is 189 Å². The van der Waals surface area contributed by atoms with E-state index in [-0.39, 0.29) is 23.9 Å². The molecule has 0 radical (unpaired) electrons. The summed E-state index contributed by atoms with van der Waals surface area (Å²) in [5.41, 5.74) is 4.35. The van der Waals surface area contributed by atoms with Gasteiger partial charge in [0.05, 0.1) is 11.4 Å². The molecule has 1 heterocycles. The second-order valence-corrected chi connectivity index (χ2v) is 9.07. The number of carbonyl (C=O) groups is 2. The van der Waals surface area contributed by atoms with Crippen molar-refractivity contribution in [3.05, 3.63) is 71.4 Å². The summed E-state index contributed by atoms with van der Waals surface area (Å²) in [6.45, 7) is 10.1. The Morgan fingerprint density at radius 1 is 1.00 bits per heavy atom. The molecule has 0 spiro atoms. The number of benzene rings is 2. The lowest BCUT2D eigenvalue weighted by atomic mass is 9.92. The summed E-state index contributed by atoms with van der Waals surface area (Å²) in [4.78, 5) is 26.6. The standard InChI is InChI=1S/C25H31N5O2/c1-17-10-9-12-19(14-17)26-24(32)29(6)16-23(31)27-22-15-21(25(3,4)5)28-30(22)20-13-8-7-11-18(20)2/h7-15H,16H2,1-6H3,(H,26,32)(H,27,31). The molecule has 3 aromatic rings. The number of hydrogen-bond donors (Lipinski definition) is 2. The lowest BCUT2D eigenvalue weighted by Crippen LogP contribution is -2.37. The first-order chi connectivity index (χ1) is 15.0. The van der Waals surface area contributed by atoms with E-state index < -0.39 is 0 Å². The SMILES string of the molecule is Cc1cccc(NC(=O)N(C)CC(=O)Nc2cc(C(C)(C)C)nn2-c2ccccc2C)c1. The summed E-state index contributed by atoms with van der Waals surface area (Å²) >= 11 is 0. The van der Waals surface area contributed by atoms with E-state index in [0.717, 1.165) is 22.5 Å². The first kappa shape index (κ1) is 23.1. The lowest BCUT2D eigenvalue weighted by molar-refractivity contribution is -0.116. The van der Waals surface area contributed by atoms with Crippen molar-refractivity contribution in [1.29, 1.82) is 0 Å². The molecule has 168 valence electrons. The highest BCUT2D eigenvalue weighted by Gasteiger charge is 2.22. The van der Waals surface area contributed by atoms with Gasteiger partial charge in [-0.05, 0) is 43.2 Å². The van der Waals surface area contributed by atoms with Gasteiger partial charge in [-0.1, -0.05) is 51.1 Å². The summed E-state index contributed by atoms with van der Waals surface area (Å²) in [7, 11) is 1.59. The maximum atomic E-state index is 12.8. The predicted molar refractivity (Wildman–Crippen MR) is 128 cm³/mol. The van der Waals surface area contributed by atoms with Crippen LogP contribution in [0.1, 0.15) is 37.6 Å². The van der Waals surface area contributed by atoms with Crippen LogP contribution in [0.15, 0.2) is 54.6 Å². The van der Waals surface area contributed by atoms with Gasteiger partial charge in [-0.3, -0.25) is 4.79 Å². The zero-order chi connectivity index (χ0) is 23.5. The van der Waals surface area contributed by atoms with Crippen LogP contribution in [0.4, 0.5) is 16.3 Å².